The number of carbonyl (C=O) groups is 2. The first-order valence-corrected chi connectivity index (χ1v) is 6.53. The number of esters is 1. The third kappa shape index (κ3) is 3.23. The molecule has 0 aromatic heterocycles. The summed E-state index contributed by atoms with van der Waals surface area (Å²) in [7, 11) is 0. The number of hydrogen-bond donors (Lipinski definition) is 1. The molecule has 0 bridgehead atoms. The average Bonchev–Trinajstić information content (AvgIpc) is 2.35. The van der Waals surface area contributed by atoms with Gasteiger partial charge in [0.2, 0.25) is 5.91 Å². The summed E-state index contributed by atoms with van der Waals surface area (Å²) in [4.78, 5) is 24.1. The molecule has 20 heavy (non-hydrogen) atoms. The van der Waals surface area contributed by atoms with Gasteiger partial charge in [-0.2, -0.15) is 13.2 Å². The Labute approximate surface area is 115 Å². The van der Waals surface area contributed by atoms with E-state index in [0.29, 0.717) is 12.8 Å². The zero-order valence-electron chi connectivity index (χ0n) is 11.5. The van der Waals surface area contributed by atoms with Crippen molar-refractivity contribution in [2.45, 2.75) is 44.9 Å². The second-order valence-corrected chi connectivity index (χ2v) is 4.66. The highest BCUT2D eigenvalue weighted by atomic mass is 19.4. The predicted molar refractivity (Wildman–Crippen MR) is 64.7 cm³/mol. The van der Waals surface area contributed by atoms with E-state index in [-0.39, 0.29) is 19.7 Å². The summed E-state index contributed by atoms with van der Waals surface area (Å²) in [5, 5.41) is 1.78. The minimum atomic E-state index is -4.96. The van der Waals surface area contributed by atoms with Crippen LogP contribution in [0.4, 0.5) is 13.2 Å². The number of rotatable bonds is 4. The van der Waals surface area contributed by atoms with E-state index in [0.717, 1.165) is 18.2 Å². The summed E-state index contributed by atoms with van der Waals surface area (Å²) in [5.41, 5.74) is -3.09. The topological polar surface area (TPSA) is 58.6 Å². The van der Waals surface area contributed by atoms with Crippen LogP contribution in [0.2, 0.25) is 0 Å². The van der Waals surface area contributed by atoms with E-state index < -0.39 is 23.7 Å². The monoisotopic (exact) mass is 296 g/mol. The van der Waals surface area contributed by atoms with Crippen molar-refractivity contribution < 1.29 is 27.5 Å². The summed E-state index contributed by atoms with van der Waals surface area (Å²) < 4.78 is 45.2. The molecule has 1 rings (SSSR count). The largest absolute Gasteiger partial charge is 0.463 e. The maximum Gasteiger partial charge on any atom is 0.436 e. The third-order valence-corrected chi connectivity index (χ3v) is 3.17. The molecule has 1 atom stereocenters. The van der Waals surface area contributed by atoms with Crippen molar-refractivity contribution >= 4 is 11.9 Å². The number of piperidine rings is 1. The van der Waals surface area contributed by atoms with Gasteiger partial charge in [0.1, 0.15) is 0 Å². The maximum atomic E-state index is 13.5. The van der Waals surface area contributed by atoms with E-state index in [4.69, 9.17) is 0 Å². The van der Waals surface area contributed by atoms with Crippen LogP contribution in [0.5, 0.6) is 0 Å². The molecular formula is C12H19F3N2O3. The molecule has 1 heterocycles. The smallest absolute Gasteiger partial charge is 0.436 e. The van der Waals surface area contributed by atoms with Crippen molar-refractivity contribution in [3.8, 4) is 0 Å². The summed E-state index contributed by atoms with van der Waals surface area (Å²) >= 11 is 0. The van der Waals surface area contributed by atoms with E-state index in [1.54, 1.807) is 5.32 Å². The lowest BCUT2D eigenvalue weighted by Gasteiger charge is -2.44. The van der Waals surface area contributed by atoms with E-state index in [2.05, 4.69) is 4.74 Å². The van der Waals surface area contributed by atoms with Crippen LogP contribution >= 0.6 is 0 Å². The van der Waals surface area contributed by atoms with Crippen LogP contribution in [0, 0.1) is 0 Å². The lowest BCUT2D eigenvalue weighted by atomic mass is 10.0. The molecule has 1 unspecified atom stereocenters. The van der Waals surface area contributed by atoms with Gasteiger partial charge < -0.3 is 10.1 Å². The number of amides is 1. The second kappa shape index (κ2) is 6.43. The minimum Gasteiger partial charge on any atom is -0.463 e. The molecule has 1 amide bonds. The zero-order chi connectivity index (χ0) is 15.4. The SMILES string of the molecule is CCOC(=O)C(NC(C)=O)(N1CCCCC1)C(F)(F)F. The predicted octanol–water partition coefficient (Wildman–Crippen LogP) is 1.43. The van der Waals surface area contributed by atoms with E-state index in [9.17, 15) is 22.8 Å². The molecule has 0 aliphatic carbocycles. The Morgan fingerprint density at radius 1 is 1.20 bits per heavy atom. The van der Waals surface area contributed by atoms with E-state index in [1.807, 2.05) is 0 Å². The normalized spacial score (nSPS) is 20.1. The van der Waals surface area contributed by atoms with Crippen molar-refractivity contribution in [1.29, 1.82) is 0 Å². The van der Waals surface area contributed by atoms with Gasteiger partial charge in [0, 0.05) is 20.0 Å². The first-order chi connectivity index (χ1) is 9.25. The Morgan fingerprint density at radius 2 is 1.75 bits per heavy atom. The number of alkyl halides is 3. The van der Waals surface area contributed by atoms with Crippen LogP contribution < -0.4 is 5.32 Å². The summed E-state index contributed by atoms with van der Waals surface area (Å²) in [6.07, 6.45) is -3.08. The number of ether oxygens (including phenoxy) is 1. The van der Waals surface area contributed by atoms with Gasteiger partial charge in [-0.15, -0.1) is 0 Å². The number of nitrogens with zero attached hydrogens (tertiary/aromatic N) is 1. The van der Waals surface area contributed by atoms with Gasteiger partial charge in [0.15, 0.2) is 0 Å². The van der Waals surface area contributed by atoms with Crippen LogP contribution in [-0.4, -0.2) is 48.3 Å². The van der Waals surface area contributed by atoms with Crippen LogP contribution in [-0.2, 0) is 14.3 Å². The Hall–Kier alpha value is -1.31. The highest BCUT2D eigenvalue weighted by Crippen LogP contribution is 2.36. The molecule has 0 aromatic carbocycles. The summed E-state index contributed by atoms with van der Waals surface area (Å²) in [5.74, 6) is -2.41. The highest BCUT2D eigenvalue weighted by molar-refractivity contribution is 5.87. The Kier molecular flexibility index (Phi) is 5.38. The number of likely N-dealkylation sites (tertiary alicyclic amines) is 1. The van der Waals surface area contributed by atoms with Crippen molar-refractivity contribution in [1.82, 2.24) is 10.2 Å². The molecule has 1 aliphatic heterocycles. The zero-order valence-corrected chi connectivity index (χ0v) is 11.5. The quantitative estimate of drug-likeness (QED) is 0.797. The van der Waals surface area contributed by atoms with Gasteiger partial charge in [-0.05, 0) is 19.8 Å². The van der Waals surface area contributed by atoms with Crippen LogP contribution in [0.1, 0.15) is 33.1 Å². The van der Waals surface area contributed by atoms with Crippen LogP contribution in [0.3, 0.4) is 0 Å². The van der Waals surface area contributed by atoms with E-state index in [1.165, 1.54) is 6.92 Å². The first kappa shape index (κ1) is 16.7. The molecule has 1 aliphatic rings. The average molecular weight is 296 g/mol. The van der Waals surface area contributed by atoms with Crippen LogP contribution in [0.15, 0.2) is 0 Å². The van der Waals surface area contributed by atoms with Crippen molar-refractivity contribution in [3.63, 3.8) is 0 Å². The maximum absolute atomic E-state index is 13.5. The molecule has 116 valence electrons. The number of nitrogens with one attached hydrogen (secondary N) is 1. The van der Waals surface area contributed by atoms with Gasteiger partial charge in [0.05, 0.1) is 6.61 Å². The van der Waals surface area contributed by atoms with Gasteiger partial charge in [-0.25, -0.2) is 4.79 Å². The fraction of sp³-hybridized carbons (Fsp3) is 0.833. The fourth-order valence-corrected chi connectivity index (χ4v) is 2.34. The Bertz CT molecular complexity index is 367. The summed E-state index contributed by atoms with van der Waals surface area (Å²) in [6.45, 7) is 2.34. The third-order valence-electron chi connectivity index (χ3n) is 3.17. The van der Waals surface area contributed by atoms with Crippen molar-refractivity contribution in [3.05, 3.63) is 0 Å². The van der Waals surface area contributed by atoms with Gasteiger partial charge in [-0.1, -0.05) is 6.42 Å². The Balaban J connectivity index is 3.23. The van der Waals surface area contributed by atoms with E-state index >= 15 is 0 Å². The number of carbonyl (C=O) groups excluding carboxylic acids is 2. The number of hydrogen-bond acceptors (Lipinski definition) is 4. The lowest BCUT2D eigenvalue weighted by Crippen LogP contribution is -2.74. The fourth-order valence-electron chi connectivity index (χ4n) is 2.34. The lowest BCUT2D eigenvalue weighted by molar-refractivity contribution is -0.251. The molecule has 1 saturated heterocycles. The molecule has 1 N–H and O–H groups in total. The minimum absolute atomic E-state index is 0.0819. The standard InChI is InChI=1S/C12H19F3N2O3/c1-3-20-10(19)11(12(13,14)15,16-9(2)18)17-7-5-4-6-8-17/h3-8H2,1-2H3,(H,16,18). The molecule has 0 aromatic rings. The van der Waals surface area contributed by atoms with Gasteiger partial charge in [-0.3, -0.25) is 9.69 Å². The van der Waals surface area contributed by atoms with Crippen molar-refractivity contribution in [2.75, 3.05) is 19.7 Å². The molecule has 0 spiro atoms. The molecule has 0 radical (unpaired) electrons. The second-order valence-electron chi connectivity index (χ2n) is 4.66. The molecular weight excluding hydrogens is 277 g/mol. The molecule has 8 heteroatoms. The molecule has 1 fully saturated rings. The first-order valence-electron chi connectivity index (χ1n) is 6.53. The van der Waals surface area contributed by atoms with Crippen molar-refractivity contribution in [2.24, 2.45) is 0 Å². The summed E-state index contributed by atoms with van der Waals surface area (Å²) in [6, 6.07) is 0. The van der Waals surface area contributed by atoms with Crippen LogP contribution in [0.25, 0.3) is 0 Å². The van der Waals surface area contributed by atoms with Gasteiger partial charge in [0.25, 0.3) is 5.66 Å². The van der Waals surface area contributed by atoms with Gasteiger partial charge >= 0.3 is 12.1 Å². The Morgan fingerprint density at radius 3 is 2.15 bits per heavy atom. The number of halogens is 3. The highest BCUT2D eigenvalue weighted by Gasteiger charge is 2.66. The molecule has 0 saturated carbocycles. The molecule has 5 nitrogen and oxygen atoms in total.